The van der Waals surface area contributed by atoms with Crippen molar-refractivity contribution in [3.63, 3.8) is 0 Å². The Kier molecular flexibility index (Phi) is 4.42. The van der Waals surface area contributed by atoms with Crippen LogP contribution in [0.3, 0.4) is 0 Å². The van der Waals surface area contributed by atoms with E-state index >= 15 is 0 Å². The molecule has 0 aliphatic heterocycles. The molecule has 96 valence electrons. The van der Waals surface area contributed by atoms with E-state index < -0.39 is 0 Å². The topological polar surface area (TPSA) is 55.1 Å². The van der Waals surface area contributed by atoms with Crippen LogP contribution < -0.4 is 11.1 Å². The molecule has 3 N–H and O–H groups in total. The summed E-state index contributed by atoms with van der Waals surface area (Å²) in [5.74, 6) is 0.0211. The van der Waals surface area contributed by atoms with Gasteiger partial charge in [0.25, 0.3) is 0 Å². The summed E-state index contributed by atoms with van der Waals surface area (Å²) in [6.07, 6.45) is 0.962. The summed E-state index contributed by atoms with van der Waals surface area (Å²) in [5.41, 5.74) is 6.34. The predicted octanol–water partition coefficient (Wildman–Crippen LogP) is 4.01. The number of rotatable bonds is 5. The van der Waals surface area contributed by atoms with Gasteiger partial charge in [0.1, 0.15) is 0 Å². The van der Waals surface area contributed by atoms with Crippen LogP contribution in [0, 0.1) is 0 Å². The van der Waals surface area contributed by atoms with E-state index in [1.54, 1.807) is 11.3 Å². The first-order valence-electron chi connectivity index (χ1n) is 5.44. The highest BCUT2D eigenvalue weighted by atomic mass is 79.9. The minimum Gasteiger partial charge on any atom is -0.397 e. The van der Waals surface area contributed by atoms with Crippen LogP contribution in [0.15, 0.2) is 22.0 Å². The Hall–Kier alpha value is -0.850. The van der Waals surface area contributed by atoms with Crippen molar-refractivity contribution in [2.75, 3.05) is 17.6 Å². The molecule has 2 aromatic heterocycles. The van der Waals surface area contributed by atoms with Crippen molar-refractivity contribution in [3.05, 3.63) is 31.7 Å². The van der Waals surface area contributed by atoms with E-state index in [1.165, 1.54) is 23.1 Å². The number of hydrogen-bond acceptors (Lipinski definition) is 5. The van der Waals surface area contributed by atoms with Crippen LogP contribution in [0.5, 0.6) is 0 Å². The Balaban J connectivity index is 1.90. The molecule has 3 nitrogen and oxygen atoms in total. The van der Waals surface area contributed by atoms with E-state index in [1.807, 2.05) is 6.07 Å². The van der Waals surface area contributed by atoms with E-state index in [2.05, 4.69) is 33.4 Å². The number of carbonyl (C=O) groups excluding carboxylic acids is 1. The fraction of sp³-hybridized carbons (Fsp3) is 0.250. The lowest BCUT2D eigenvalue weighted by molar-refractivity contribution is 0.102. The van der Waals surface area contributed by atoms with Crippen LogP contribution in [0.2, 0.25) is 0 Å². The van der Waals surface area contributed by atoms with Gasteiger partial charge in [-0.15, -0.1) is 22.7 Å². The molecule has 0 bridgehead atoms. The van der Waals surface area contributed by atoms with Crippen molar-refractivity contribution in [2.45, 2.75) is 13.3 Å². The minimum absolute atomic E-state index is 0.0211. The van der Waals surface area contributed by atoms with Crippen molar-refractivity contribution in [1.82, 2.24) is 0 Å². The maximum absolute atomic E-state index is 11.3. The third-order valence-electron chi connectivity index (χ3n) is 2.38. The Labute approximate surface area is 122 Å². The van der Waals surface area contributed by atoms with Gasteiger partial charge in [-0.05, 0) is 40.5 Å². The molecule has 0 saturated heterocycles. The average molecular weight is 345 g/mol. The lowest BCUT2D eigenvalue weighted by Gasteiger charge is -2.00. The van der Waals surface area contributed by atoms with Gasteiger partial charge in [0, 0.05) is 18.3 Å². The number of Topliss-reactive ketones (excluding diaryl/α,β-unsaturated/α-hetero) is 1. The number of halogens is 1. The van der Waals surface area contributed by atoms with Crippen molar-refractivity contribution >= 4 is 55.1 Å². The van der Waals surface area contributed by atoms with Crippen LogP contribution in [-0.4, -0.2) is 12.3 Å². The molecule has 18 heavy (non-hydrogen) atoms. The van der Waals surface area contributed by atoms with Gasteiger partial charge >= 0.3 is 0 Å². The predicted molar refractivity (Wildman–Crippen MR) is 82.9 cm³/mol. The molecule has 2 rings (SSSR count). The van der Waals surface area contributed by atoms with Gasteiger partial charge in [-0.3, -0.25) is 4.79 Å². The van der Waals surface area contributed by atoms with E-state index in [0.717, 1.165) is 21.8 Å². The normalized spacial score (nSPS) is 10.6. The van der Waals surface area contributed by atoms with Gasteiger partial charge in [0.2, 0.25) is 0 Å². The molecule has 0 aromatic carbocycles. The molecular weight excluding hydrogens is 332 g/mol. The first-order chi connectivity index (χ1) is 8.56. The third kappa shape index (κ3) is 3.34. The number of nitrogens with two attached hydrogens (primary N) is 1. The highest BCUT2D eigenvalue weighted by Gasteiger charge is 2.10. The summed E-state index contributed by atoms with van der Waals surface area (Å²) in [4.78, 5) is 13.2. The van der Waals surface area contributed by atoms with Gasteiger partial charge in [-0.25, -0.2) is 0 Å². The minimum atomic E-state index is 0.0211. The van der Waals surface area contributed by atoms with E-state index in [0.29, 0.717) is 10.6 Å². The molecule has 0 atom stereocenters. The third-order valence-corrected chi connectivity index (χ3v) is 5.27. The maximum atomic E-state index is 11.3. The monoisotopic (exact) mass is 344 g/mol. The standard InChI is InChI=1S/C12H13BrN2OS2/c1-7(16)12-9(14)6-11(18-12)15-5-4-8-2-3-10(13)17-8/h2-3,6,15H,4-5,14H2,1H3. The average Bonchev–Trinajstić information content (AvgIpc) is 2.85. The highest BCUT2D eigenvalue weighted by molar-refractivity contribution is 9.11. The number of carbonyl (C=O) groups is 1. The largest absolute Gasteiger partial charge is 0.397 e. The Morgan fingerprint density at radius 2 is 2.22 bits per heavy atom. The summed E-state index contributed by atoms with van der Waals surface area (Å²) < 4.78 is 1.15. The second kappa shape index (κ2) is 5.86. The highest BCUT2D eigenvalue weighted by Crippen LogP contribution is 2.29. The Morgan fingerprint density at radius 1 is 1.44 bits per heavy atom. The molecule has 0 fully saturated rings. The molecule has 2 heterocycles. The number of ketones is 1. The smallest absolute Gasteiger partial charge is 0.171 e. The van der Waals surface area contributed by atoms with Gasteiger partial charge in [0.05, 0.1) is 19.4 Å². The molecular formula is C12H13BrN2OS2. The number of nitrogens with one attached hydrogen (secondary N) is 1. The van der Waals surface area contributed by atoms with Gasteiger partial charge in [0.15, 0.2) is 5.78 Å². The molecule has 0 aliphatic carbocycles. The summed E-state index contributed by atoms with van der Waals surface area (Å²) in [6.45, 7) is 2.37. The zero-order valence-electron chi connectivity index (χ0n) is 9.83. The summed E-state index contributed by atoms with van der Waals surface area (Å²) >= 11 is 6.60. The molecule has 0 aliphatic rings. The Bertz CT molecular complexity index is 562. The Morgan fingerprint density at radius 3 is 2.78 bits per heavy atom. The van der Waals surface area contributed by atoms with Crippen molar-refractivity contribution in [2.24, 2.45) is 0 Å². The zero-order chi connectivity index (χ0) is 13.1. The van der Waals surface area contributed by atoms with Crippen LogP contribution >= 0.6 is 38.6 Å². The van der Waals surface area contributed by atoms with Gasteiger partial charge in [-0.1, -0.05) is 0 Å². The molecule has 0 saturated carbocycles. The number of hydrogen-bond donors (Lipinski definition) is 2. The van der Waals surface area contributed by atoms with Crippen molar-refractivity contribution in [1.29, 1.82) is 0 Å². The molecule has 0 unspecified atom stereocenters. The fourth-order valence-corrected chi connectivity index (χ4v) is 3.95. The van der Waals surface area contributed by atoms with Crippen LogP contribution in [-0.2, 0) is 6.42 Å². The molecule has 0 spiro atoms. The lowest BCUT2D eigenvalue weighted by atomic mass is 10.3. The lowest BCUT2D eigenvalue weighted by Crippen LogP contribution is -2.02. The molecule has 0 amide bonds. The summed E-state index contributed by atoms with van der Waals surface area (Å²) in [6, 6.07) is 5.99. The summed E-state index contributed by atoms with van der Waals surface area (Å²) in [7, 11) is 0. The first-order valence-corrected chi connectivity index (χ1v) is 7.87. The second-order valence-electron chi connectivity index (χ2n) is 3.83. The number of nitrogen functional groups attached to an aromatic ring is 1. The van der Waals surface area contributed by atoms with Crippen LogP contribution in [0.25, 0.3) is 0 Å². The van der Waals surface area contributed by atoms with E-state index in [-0.39, 0.29) is 5.78 Å². The van der Waals surface area contributed by atoms with E-state index in [9.17, 15) is 4.79 Å². The van der Waals surface area contributed by atoms with Gasteiger partial charge in [-0.2, -0.15) is 0 Å². The van der Waals surface area contributed by atoms with E-state index in [4.69, 9.17) is 5.73 Å². The van der Waals surface area contributed by atoms with Crippen LogP contribution in [0.1, 0.15) is 21.5 Å². The maximum Gasteiger partial charge on any atom is 0.171 e. The fourth-order valence-electron chi connectivity index (χ4n) is 1.56. The van der Waals surface area contributed by atoms with Crippen molar-refractivity contribution < 1.29 is 4.79 Å². The van der Waals surface area contributed by atoms with Gasteiger partial charge < -0.3 is 11.1 Å². The second-order valence-corrected chi connectivity index (χ2v) is 7.43. The summed E-state index contributed by atoms with van der Waals surface area (Å²) in [5, 5.41) is 4.25. The SMILES string of the molecule is CC(=O)c1sc(NCCc2ccc(Br)s2)cc1N. The molecule has 2 aromatic rings. The number of anilines is 2. The quantitative estimate of drug-likeness (QED) is 0.805. The van der Waals surface area contributed by atoms with Crippen LogP contribution in [0.4, 0.5) is 10.7 Å². The molecule has 0 radical (unpaired) electrons. The zero-order valence-corrected chi connectivity index (χ0v) is 13.0. The number of thiophene rings is 2. The first kappa shape index (κ1) is 13.6. The molecule has 6 heteroatoms. The van der Waals surface area contributed by atoms with Crippen molar-refractivity contribution in [3.8, 4) is 0 Å².